The first-order valence-electron chi connectivity index (χ1n) is 9.10. The monoisotopic (exact) mass is 371 g/mol. The van der Waals surface area contributed by atoms with E-state index in [0.29, 0.717) is 11.6 Å². The van der Waals surface area contributed by atoms with Crippen molar-refractivity contribution < 1.29 is 9.21 Å². The molecule has 0 spiro atoms. The van der Waals surface area contributed by atoms with Gasteiger partial charge in [-0.3, -0.25) is 0 Å². The van der Waals surface area contributed by atoms with Crippen LogP contribution in [0.3, 0.4) is 0 Å². The lowest BCUT2D eigenvalue weighted by molar-refractivity contribution is 0.259. The first-order chi connectivity index (χ1) is 13.5. The summed E-state index contributed by atoms with van der Waals surface area (Å²) in [6, 6.07) is 19.7. The normalized spacial score (nSPS) is 10.9. The summed E-state index contributed by atoms with van der Waals surface area (Å²) >= 11 is 0. The summed E-state index contributed by atoms with van der Waals surface area (Å²) in [7, 11) is 0. The maximum absolute atomic E-state index is 11.0. The van der Waals surface area contributed by atoms with E-state index in [9.17, 15) is 4.79 Å². The number of nitrogens with two attached hydrogens (primary N) is 1. The van der Waals surface area contributed by atoms with E-state index in [0.717, 1.165) is 39.8 Å². The van der Waals surface area contributed by atoms with Crippen LogP contribution < -0.4 is 11.1 Å². The van der Waals surface area contributed by atoms with E-state index >= 15 is 0 Å². The van der Waals surface area contributed by atoms with Crippen molar-refractivity contribution in [3.8, 4) is 11.1 Å². The third-order valence-electron chi connectivity index (χ3n) is 4.62. The van der Waals surface area contributed by atoms with Crippen LogP contribution >= 0.6 is 0 Å². The number of aromatic nitrogens is 1. The Hall–Kier alpha value is -3.60. The summed E-state index contributed by atoms with van der Waals surface area (Å²) in [6.07, 6.45) is 0.741. The SMILES string of the molecule is Cc1cccc(-c2cc(Cc3ccc(NC(N)=O)cc3)cc3oc(C)nc23)c1. The maximum atomic E-state index is 11.0. The summed E-state index contributed by atoms with van der Waals surface area (Å²) in [4.78, 5) is 15.5. The van der Waals surface area contributed by atoms with Gasteiger partial charge in [0.25, 0.3) is 0 Å². The molecule has 4 aromatic rings. The van der Waals surface area contributed by atoms with Crippen LogP contribution in [-0.2, 0) is 6.42 Å². The number of urea groups is 1. The number of anilines is 1. The molecule has 1 aromatic heterocycles. The number of nitrogens with one attached hydrogen (secondary N) is 1. The highest BCUT2D eigenvalue weighted by atomic mass is 16.3. The smallest absolute Gasteiger partial charge is 0.316 e. The Morgan fingerprint density at radius 2 is 1.82 bits per heavy atom. The average molecular weight is 371 g/mol. The van der Waals surface area contributed by atoms with Gasteiger partial charge < -0.3 is 15.5 Å². The Labute approximate surface area is 163 Å². The largest absolute Gasteiger partial charge is 0.441 e. The lowest BCUT2D eigenvalue weighted by Gasteiger charge is -2.09. The van der Waals surface area contributed by atoms with Gasteiger partial charge in [-0.1, -0.05) is 42.0 Å². The fraction of sp³-hybridized carbons (Fsp3) is 0.130. The van der Waals surface area contributed by atoms with E-state index in [4.69, 9.17) is 10.2 Å². The van der Waals surface area contributed by atoms with Gasteiger partial charge in [-0.05, 0) is 54.3 Å². The Balaban J connectivity index is 1.72. The molecule has 28 heavy (non-hydrogen) atoms. The summed E-state index contributed by atoms with van der Waals surface area (Å²) in [5.74, 6) is 0.655. The average Bonchev–Trinajstić information content (AvgIpc) is 3.02. The van der Waals surface area contributed by atoms with Crippen molar-refractivity contribution in [2.24, 2.45) is 5.73 Å². The zero-order valence-electron chi connectivity index (χ0n) is 15.8. The fourth-order valence-corrected chi connectivity index (χ4v) is 3.42. The molecule has 0 unspecified atom stereocenters. The minimum absolute atomic E-state index is 0.568. The maximum Gasteiger partial charge on any atom is 0.316 e. The zero-order valence-corrected chi connectivity index (χ0v) is 15.8. The third kappa shape index (κ3) is 3.74. The molecule has 0 bridgehead atoms. The summed E-state index contributed by atoms with van der Waals surface area (Å²) in [5, 5.41) is 2.57. The second-order valence-corrected chi connectivity index (χ2v) is 6.96. The molecule has 4 rings (SSSR count). The molecular formula is C23H21N3O2. The minimum Gasteiger partial charge on any atom is -0.441 e. The molecule has 3 N–H and O–H groups in total. The van der Waals surface area contributed by atoms with Crippen molar-refractivity contribution in [2.75, 3.05) is 5.32 Å². The van der Waals surface area contributed by atoms with Crippen LogP contribution in [0.2, 0.25) is 0 Å². The highest BCUT2D eigenvalue weighted by Crippen LogP contribution is 2.31. The van der Waals surface area contributed by atoms with Crippen LogP contribution in [0.4, 0.5) is 10.5 Å². The van der Waals surface area contributed by atoms with Gasteiger partial charge in [-0.2, -0.15) is 0 Å². The minimum atomic E-state index is -0.568. The fourth-order valence-electron chi connectivity index (χ4n) is 3.42. The summed E-state index contributed by atoms with van der Waals surface area (Å²) in [5.41, 5.74) is 13.2. The first-order valence-corrected chi connectivity index (χ1v) is 9.10. The van der Waals surface area contributed by atoms with E-state index < -0.39 is 6.03 Å². The summed E-state index contributed by atoms with van der Waals surface area (Å²) < 4.78 is 5.83. The van der Waals surface area contributed by atoms with Crippen molar-refractivity contribution in [1.29, 1.82) is 0 Å². The van der Waals surface area contributed by atoms with E-state index in [1.165, 1.54) is 5.56 Å². The molecule has 3 aromatic carbocycles. The number of aryl methyl sites for hydroxylation is 2. The Kier molecular flexibility index (Phi) is 4.57. The molecule has 0 aliphatic heterocycles. The third-order valence-corrected chi connectivity index (χ3v) is 4.62. The van der Waals surface area contributed by atoms with Gasteiger partial charge in [-0.25, -0.2) is 9.78 Å². The zero-order chi connectivity index (χ0) is 19.7. The second kappa shape index (κ2) is 7.19. The van der Waals surface area contributed by atoms with Crippen LogP contribution in [0.1, 0.15) is 22.6 Å². The van der Waals surface area contributed by atoms with Crippen molar-refractivity contribution >= 4 is 22.8 Å². The molecule has 0 fully saturated rings. The van der Waals surface area contributed by atoms with E-state index in [-0.39, 0.29) is 0 Å². The molecule has 0 saturated carbocycles. The predicted octanol–water partition coefficient (Wildman–Crippen LogP) is 5.19. The van der Waals surface area contributed by atoms with Gasteiger partial charge in [-0.15, -0.1) is 0 Å². The Bertz CT molecular complexity index is 1160. The number of carbonyl (C=O) groups excluding carboxylic acids is 1. The lowest BCUT2D eigenvalue weighted by Crippen LogP contribution is -2.19. The quantitative estimate of drug-likeness (QED) is 0.518. The number of primary amides is 1. The molecule has 0 radical (unpaired) electrons. The number of oxazole rings is 1. The molecule has 140 valence electrons. The van der Waals surface area contributed by atoms with Crippen molar-refractivity contribution in [3.05, 3.63) is 83.2 Å². The number of rotatable bonds is 4. The molecule has 0 aliphatic rings. The molecular weight excluding hydrogens is 350 g/mol. The molecule has 0 atom stereocenters. The molecule has 5 nitrogen and oxygen atoms in total. The predicted molar refractivity (Wildman–Crippen MR) is 111 cm³/mol. The van der Waals surface area contributed by atoms with Crippen molar-refractivity contribution in [2.45, 2.75) is 20.3 Å². The highest BCUT2D eigenvalue weighted by Gasteiger charge is 2.13. The van der Waals surface area contributed by atoms with E-state index in [1.807, 2.05) is 37.3 Å². The van der Waals surface area contributed by atoms with Crippen LogP contribution in [0.25, 0.3) is 22.2 Å². The lowest BCUT2D eigenvalue weighted by atomic mass is 9.97. The number of benzene rings is 3. The summed E-state index contributed by atoms with van der Waals surface area (Å²) in [6.45, 7) is 3.95. The van der Waals surface area contributed by atoms with Gasteiger partial charge >= 0.3 is 6.03 Å². The molecule has 2 amide bonds. The van der Waals surface area contributed by atoms with Crippen LogP contribution in [0.15, 0.2) is 65.1 Å². The van der Waals surface area contributed by atoms with E-state index in [1.54, 1.807) is 0 Å². The molecule has 0 saturated heterocycles. The number of hydrogen-bond donors (Lipinski definition) is 2. The van der Waals surface area contributed by atoms with Crippen molar-refractivity contribution in [1.82, 2.24) is 4.98 Å². The number of carbonyl (C=O) groups is 1. The topological polar surface area (TPSA) is 81.1 Å². The second-order valence-electron chi connectivity index (χ2n) is 6.96. The van der Waals surface area contributed by atoms with Gasteiger partial charge in [0.1, 0.15) is 5.52 Å². The number of fused-ring (bicyclic) bond motifs is 1. The van der Waals surface area contributed by atoms with Crippen LogP contribution in [0, 0.1) is 13.8 Å². The molecule has 5 heteroatoms. The van der Waals surface area contributed by atoms with Gasteiger partial charge in [0.2, 0.25) is 0 Å². The standard InChI is InChI=1S/C23H21N3O2/c1-14-4-3-5-18(10-14)20-12-17(13-21-22(20)25-15(2)28-21)11-16-6-8-19(9-7-16)26-23(24)27/h3-10,12-13H,11H2,1-2H3,(H3,24,26,27). The Morgan fingerprint density at radius 3 is 2.54 bits per heavy atom. The van der Waals surface area contributed by atoms with Crippen LogP contribution in [-0.4, -0.2) is 11.0 Å². The van der Waals surface area contributed by atoms with Gasteiger partial charge in [0.15, 0.2) is 11.5 Å². The van der Waals surface area contributed by atoms with Crippen LogP contribution in [0.5, 0.6) is 0 Å². The molecule has 1 heterocycles. The number of hydrogen-bond acceptors (Lipinski definition) is 3. The number of nitrogens with zero attached hydrogens (tertiary/aromatic N) is 1. The van der Waals surface area contributed by atoms with Gasteiger partial charge in [0.05, 0.1) is 0 Å². The highest BCUT2D eigenvalue weighted by molar-refractivity contribution is 5.92. The van der Waals surface area contributed by atoms with Gasteiger partial charge in [0, 0.05) is 18.2 Å². The number of amides is 2. The Morgan fingerprint density at radius 1 is 1.04 bits per heavy atom. The van der Waals surface area contributed by atoms with E-state index in [2.05, 4.69) is 47.6 Å². The molecule has 0 aliphatic carbocycles. The first kappa shape index (κ1) is 17.8. The van der Waals surface area contributed by atoms with Crippen molar-refractivity contribution in [3.63, 3.8) is 0 Å².